The van der Waals surface area contributed by atoms with Crippen LogP contribution in [-0.2, 0) is 32.4 Å². The SMILES string of the molecule is CCc1cc(Nc2ncc(Br)c(Nc3ccc4c(=O)n(C)ncc4c3P3(=O)CCCC3)n2)c(OC)cc1N1CCC(N2CCN(C(=O)[C@@H]3CCN(c4cc(F)c(C5CCC(=O)NC5=O)c(F)c4)C3)CC2)CC1. The van der Waals surface area contributed by atoms with Crippen molar-refractivity contribution < 1.29 is 32.5 Å². The highest BCUT2D eigenvalue weighted by Crippen LogP contribution is 2.54. The van der Waals surface area contributed by atoms with Crippen molar-refractivity contribution in [3.8, 4) is 5.75 Å². The maximum absolute atomic E-state index is 15.3. The Morgan fingerprint density at radius 2 is 1.61 bits per heavy atom. The van der Waals surface area contributed by atoms with E-state index in [1.165, 1.54) is 16.8 Å². The number of methoxy groups -OCH3 is 1. The molecule has 0 radical (unpaired) electrons. The summed E-state index contributed by atoms with van der Waals surface area (Å²) in [5, 5.41) is 15.0. The summed E-state index contributed by atoms with van der Waals surface area (Å²) in [4.78, 5) is 68.9. The number of hydrogen-bond acceptors (Lipinski definition) is 14. The van der Waals surface area contributed by atoms with Gasteiger partial charge in [0.2, 0.25) is 23.7 Å². The molecular formula is C51H59BrF2N11O6P. The number of aromatic nitrogens is 4. The van der Waals surface area contributed by atoms with E-state index >= 15 is 8.78 Å². The molecule has 72 heavy (non-hydrogen) atoms. The predicted molar refractivity (Wildman–Crippen MR) is 277 cm³/mol. The zero-order valence-corrected chi connectivity index (χ0v) is 43.2. The highest BCUT2D eigenvalue weighted by molar-refractivity contribution is 9.10. The number of rotatable bonds is 12. The molecular weight excluding hydrogens is 1010 g/mol. The lowest BCUT2D eigenvalue weighted by molar-refractivity contribution is -0.137. The van der Waals surface area contributed by atoms with Gasteiger partial charge in [0.15, 0.2) is 0 Å². The fraction of sp³-hybridized carbons (Fsp3) is 0.471. The number of carbonyl (C=O) groups is 3. The van der Waals surface area contributed by atoms with Crippen molar-refractivity contribution in [1.29, 1.82) is 0 Å². The largest absolute Gasteiger partial charge is 0.494 e. The summed E-state index contributed by atoms with van der Waals surface area (Å²) in [6.45, 7) is 7.49. The molecule has 21 heteroatoms. The van der Waals surface area contributed by atoms with Crippen molar-refractivity contribution in [1.82, 2.24) is 34.9 Å². The lowest BCUT2D eigenvalue weighted by Gasteiger charge is -2.44. The average Bonchev–Trinajstić information content (AvgIpc) is 4.07. The Bertz CT molecular complexity index is 3040. The fourth-order valence-electron chi connectivity index (χ4n) is 11.4. The number of imide groups is 1. The highest BCUT2D eigenvalue weighted by Gasteiger charge is 2.38. The Labute approximate surface area is 424 Å². The number of piperidine rings is 2. The molecule has 0 bridgehead atoms. The molecule has 0 saturated carbocycles. The number of fused-ring (bicyclic) bond motifs is 1. The molecule has 17 nitrogen and oxygen atoms in total. The minimum atomic E-state index is -2.82. The third-order valence-electron chi connectivity index (χ3n) is 15.3. The van der Waals surface area contributed by atoms with Crippen LogP contribution >= 0.6 is 23.1 Å². The van der Waals surface area contributed by atoms with Gasteiger partial charge in [-0.3, -0.25) is 29.4 Å². The molecule has 5 fully saturated rings. The first-order chi connectivity index (χ1) is 34.7. The molecule has 5 aliphatic heterocycles. The Morgan fingerprint density at radius 3 is 2.31 bits per heavy atom. The third-order valence-corrected chi connectivity index (χ3v) is 19.3. The highest BCUT2D eigenvalue weighted by atomic mass is 79.9. The Kier molecular flexibility index (Phi) is 14.1. The van der Waals surface area contributed by atoms with Crippen molar-refractivity contribution in [3.63, 3.8) is 0 Å². The molecule has 0 spiro atoms. The second-order valence-electron chi connectivity index (χ2n) is 19.6. The summed E-state index contributed by atoms with van der Waals surface area (Å²) in [6.07, 6.45) is 9.52. The van der Waals surface area contributed by atoms with Crippen LogP contribution in [0.25, 0.3) is 10.8 Å². The minimum Gasteiger partial charge on any atom is -0.494 e. The van der Waals surface area contributed by atoms with Gasteiger partial charge in [-0.15, -0.1) is 0 Å². The van der Waals surface area contributed by atoms with Crippen molar-refractivity contribution in [2.75, 3.05) is 92.2 Å². The van der Waals surface area contributed by atoms with E-state index in [1.807, 2.05) is 9.80 Å². The van der Waals surface area contributed by atoms with Crippen LogP contribution in [0.15, 0.2) is 58.1 Å². The summed E-state index contributed by atoms with van der Waals surface area (Å²) in [5.41, 5.74) is 3.36. The maximum atomic E-state index is 15.3. The summed E-state index contributed by atoms with van der Waals surface area (Å²) in [7, 11) is 0.430. The van der Waals surface area contributed by atoms with Crippen LogP contribution in [0, 0.1) is 17.6 Å². The number of anilines is 6. The number of carbonyl (C=O) groups excluding carboxylic acids is 3. The maximum Gasteiger partial charge on any atom is 0.274 e. The molecule has 3 N–H and O–H groups in total. The number of aryl methyl sites for hydroxylation is 2. The number of halogens is 3. The van der Waals surface area contributed by atoms with E-state index in [-0.39, 0.29) is 35.8 Å². The number of amides is 3. The molecule has 3 amide bonds. The topological polar surface area (TPSA) is 187 Å². The molecule has 7 heterocycles. The van der Waals surface area contributed by atoms with Gasteiger partial charge < -0.3 is 34.6 Å². The van der Waals surface area contributed by atoms with E-state index in [1.54, 1.807) is 38.7 Å². The lowest BCUT2D eigenvalue weighted by Crippen LogP contribution is -2.55. The van der Waals surface area contributed by atoms with Crippen molar-refractivity contribution in [3.05, 3.63) is 86.4 Å². The van der Waals surface area contributed by atoms with Crippen LogP contribution in [0.2, 0.25) is 0 Å². The van der Waals surface area contributed by atoms with Crippen LogP contribution in [-0.4, -0.2) is 125 Å². The van der Waals surface area contributed by atoms with E-state index in [2.05, 4.69) is 70.8 Å². The smallest absolute Gasteiger partial charge is 0.274 e. The van der Waals surface area contributed by atoms with E-state index in [0.717, 1.165) is 69.5 Å². The monoisotopic (exact) mass is 1070 g/mol. The van der Waals surface area contributed by atoms with Crippen LogP contribution in [0.3, 0.4) is 0 Å². The molecule has 1 unspecified atom stereocenters. The Hall–Kier alpha value is -5.98. The van der Waals surface area contributed by atoms with Gasteiger partial charge in [-0.1, -0.05) is 6.92 Å². The molecule has 2 aromatic heterocycles. The van der Waals surface area contributed by atoms with E-state index in [0.29, 0.717) is 106 Å². The first-order valence-electron chi connectivity index (χ1n) is 24.9. The van der Waals surface area contributed by atoms with Crippen LogP contribution in [0.1, 0.15) is 68.9 Å². The molecule has 5 aromatic rings. The van der Waals surface area contributed by atoms with Crippen LogP contribution in [0.5, 0.6) is 5.75 Å². The van der Waals surface area contributed by atoms with Gasteiger partial charge in [-0.05, 0) is 96.8 Å². The van der Waals surface area contributed by atoms with Gasteiger partial charge in [-0.25, -0.2) is 18.4 Å². The zero-order valence-electron chi connectivity index (χ0n) is 40.7. The van der Waals surface area contributed by atoms with Crippen molar-refractivity contribution in [2.24, 2.45) is 13.0 Å². The summed E-state index contributed by atoms with van der Waals surface area (Å²) < 4.78 is 53.0. The zero-order chi connectivity index (χ0) is 50.4. The lowest BCUT2D eigenvalue weighted by atomic mass is 9.89. The first kappa shape index (κ1) is 49.6. The second kappa shape index (κ2) is 20.5. The van der Waals surface area contributed by atoms with Crippen LogP contribution in [0.4, 0.5) is 43.3 Å². The predicted octanol–water partition coefficient (Wildman–Crippen LogP) is 6.76. The average molecular weight is 1070 g/mol. The first-order valence-corrected chi connectivity index (χ1v) is 27.8. The minimum absolute atomic E-state index is 0.0224. The van der Waals surface area contributed by atoms with E-state index < -0.39 is 36.5 Å². The summed E-state index contributed by atoms with van der Waals surface area (Å²) in [6, 6.07) is 10.6. The van der Waals surface area contributed by atoms with Gasteiger partial charge in [0.05, 0.1) is 46.4 Å². The number of nitrogens with zero attached hydrogens (tertiary/aromatic N) is 8. The molecule has 2 atom stereocenters. The number of nitrogens with one attached hydrogen (secondary N) is 3. The summed E-state index contributed by atoms with van der Waals surface area (Å²) in [5.74, 6) is -2.64. The summed E-state index contributed by atoms with van der Waals surface area (Å²) >= 11 is 3.61. The molecule has 0 aliphatic carbocycles. The van der Waals surface area contributed by atoms with Gasteiger partial charge in [0.25, 0.3) is 5.56 Å². The molecule has 5 saturated heterocycles. The van der Waals surface area contributed by atoms with Crippen molar-refractivity contribution in [2.45, 2.75) is 70.3 Å². The molecule has 10 rings (SSSR count). The fourth-order valence-corrected chi connectivity index (χ4v) is 15.0. The van der Waals surface area contributed by atoms with Gasteiger partial charge in [0, 0.05) is 124 Å². The van der Waals surface area contributed by atoms with Gasteiger partial charge in [0.1, 0.15) is 30.3 Å². The van der Waals surface area contributed by atoms with E-state index in [4.69, 9.17) is 9.72 Å². The van der Waals surface area contributed by atoms with Crippen LogP contribution < -0.4 is 41.4 Å². The number of piperazine rings is 1. The van der Waals surface area contributed by atoms with Gasteiger partial charge >= 0.3 is 0 Å². The number of ether oxygens (including phenoxy) is 1. The number of benzene rings is 3. The standard InChI is InChI=1S/C51H59BrF2N11O6P/c1-4-30-23-41(58-51-55-28-37(52)47(60-51)57-40-9-7-34-36(27-56-61(2)50(34)69)46(40)72(70)21-5-6-22-72)43(71-3)26-42(30)63-15-12-32(13-16-63)62-17-19-64(20-18-62)49(68)31-11-14-65(29-31)33-24-38(53)45(39(54)25-33)35-8-10-44(66)59-48(35)67/h7,9,23-28,31-32,35H,4-6,8,10-22,29H2,1-3H3,(H,59,66,67)(H2,55,57,58,60)/t31-,35?/m1/s1. The molecule has 5 aliphatic rings. The van der Waals surface area contributed by atoms with Gasteiger partial charge in [-0.2, -0.15) is 10.1 Å². The van der Waals surface area contributed by atoms with E-state index in [9.17, 15) is 23.7 Å². The molecule has 380 valence electrons. The molecule has 3 aromatic carbocycles. The normalized spacial score (nSPS) is 20.8. The Morgan fingerprint density at radius 1 is 0.889 bits per heavy atom. The van der Waals surface area contributed by atoms with Crippen molar-refractivity contribution >= 4 is 91.4 Å². The third kappa shape index (κ3) is 9.69. The quantitative estimate of drug-likeness (QED) is 0.0879. The number of hydrogen-bond donors (Lipinski definition) is 3. The second-order valence-corrected chi connectivity index (χ2v) is 23.5. The Balaban J connectivity index is 0.752.